The molecule has 120 valence electrons. The maximum Gasteiger partial charge on any atom is 0.155 e. The van der Waals surface area contributed by atoms with Crippen LogP contribution < -0.4 is 0 Å². The third kappa shape index (κ3) is 3.84. The lowest BCUT2D eigenvalue weighted by Crippen LogP contribution is -2.40. The largest absolute Gasteiger partial charge is 0.395 e. The van der Waals surface area contributed by atoms with E-state index in [4.69, 9.17) is 0 Å². The normalized spacial score (nSPS) is 13.4. The van der Waals surface area contributed by atoms with Gasteiger partial charge >= 0.3 is 0 Å². The van der Waals surface area contributed by atoms with Crippen molar-refractivity contribution in [2.75, 3.05) is 19.0 Å². The van der Waals surface area contributed by atoms with E-state index in [-0.39, 0.29) is 25.4 Å². The molecule has 2 N–H and O–H groups in total. The SMILES string of the molecule is Cc1ccccc1C(CO)(CO)CCS(=O)(=O)C(C)(C)C. The average molecular weight is 314 g/mol. The number of rotatable bonds is 6. The van der Waals surface area contributed by atoms with Gasteiger partial charge in [0, 0.05) is 5.41 Å². The summed E-state index contributed by atoms with van der Waals surface area (Å²) in [6, 6.07) is 7.45. The monoisotopic (exact) mass is 314 g/mol. The average Bonchev–Trinajstić information content (AvgIpc) is 2.41. The van der Waals surface area contributed by atoms with E-state index in [2.05, 4.69) is 0 Å². The minimum Gasteiger partial charge on any atom is -0.395 e. The van der Waals surface area contributed by atoms with Gasteiger partial charge in [0.25, 0.3) is 0 Å². The zero-order valence-electron chi connectivity index (χ0n) is 13.3. The molecule has 1 rings (SSSR count). The van der Waals surface area contributed by atoms with Gasteiger partial charge in [-0.2, -0.15) is 0 Å². The highest BCUT2D eigenvalue weighted by Crippen LogP contribution is 2.32. The molecule has 0 fully saturated rings. The van der Waals surface area contributed by atoms with Crippen LogP contribution in [-0.4, -0.2) is 42.3 Å². The summed E-state index contributed by atoms with van der Waals surface area (Å²) >= 11 is 0. The van der Waals surface area contributed by atoms with Gasteiger partial charge in [0.15, 0.2) is 9.84 Å². The molecule has 0 saturated heterocycles. The number of aliphatic hydroxyl groups is 2. The molecule has 4 nitrogen and oxygen atoms in total. The fourth-order valence-electron chi connectivity index (χ4n) is 2.32. The number of aliphatic hydroxyl groups excluding tert-OH is 2. The maximum absolute atomic E-state index is 12.3. The molecule has 1 aromatic rings. The van der Waals surface area contributed by atoms with Crippen LogP contribution in [0, 0.1) is 6.92 Å². The lowest BCUT2D eigenvalue weighted by molar-refractivity contribution is 0.113. The third-order valence-corrected chi connectivity index (χ3v) is 6.71. The highest BCUT2D eigenvalue weighted by atomic mass is 32.2. The van der Waals surface area contributed by atoms with Crippen LogP contribution >= 0.6 is 0 Å². The summed E-state index contributed by atoms with van der Waals surface area (Å²) in [6.45, 7) is 6.32. The van der Waals surface area contributed by atoms with E-state index in [1.165, 1.54) is 0 Å². The Morgan fingerprint density at radius 1 is 1.05 bits per heavy atom. The molecule has 1 aromatic carbocycles. The van der Waals surface area contributed by atoms with Crippen LogP contribution in [0.5, 0.6) is 0 Å². The number of hydrogen-bond acceptors (Lipinski definition) is 4. The predicted molar refractivity (Wildman–Crippen MR) is 85.2 cm³/mol. The van der Waals surface area contributed by atoms with E-state index in [0.29, 0.717) is 0 Å². The molecule has 0 aromatic heterocycles. The molecule has 0 saturated carbocycles. The van der Waals surface area contributed by atoms with Crippen LogP contribution in [0.1, 0.15) is 38.3 Å². The van der Waals surface area contributed by atoms with E-state index in [0.717, 1.165) is 11.1 Å². The summed E-state index contributed by atoms with van der Waals surface area (Å²) < 4.78 is 23.7. The van der Waals surface area contributed by atoms with Crippen LogP contribution in [0.25, 0.3) is 0 Å². The lowest BCUT2D eigenvalue weighted by Gasteiger charge is -2.33. The first kappa shape index (κ1) is 18.1. The second kappa shape index (κ2) is 6.46. The Kier molecular flexibility index (Phi) is 5.58. The topological polar surface area (TPSA) is 74.6 Å². The molecule has 0 aliphatic carbocycles. The van der Waals surface area contributed by atoms with E-state index >= 15 is 0 Å². The van der Waals surface area contributed by atoms with Gasteiger partial charge in [-0.15, -0.1) is 0 Å². The van der Waals surface area contributed by atoms with Crippen LogP contribution in [0.15, 0.2) is 24.3 Å². The second-order valence-electron chi connectivity index (χ2n) is 6.59. The number of sulfone groups is 1. The molecule has 21 heavy (non-hydrogen) atoms. The molecule has 0 spiro atoms. The fourth-order valence-corrected chi connectivity index (χ4v) is 3.59. The molecule has 0 heterocycles. The molecule has 0 atom stereocenters. The van der Waals surface area contributed by atoms with Crippen molar-refractivity contribution in [2.45, 2.75) is 44.3 Å². The molecule has 0 aliphatic heterocycles. The molecule has 0 radical (unpaired) electrons. The molecule has 5 heteroatoms. The quantitative estimate of drug-likeness (QED) is 0.840. The first-order chi connectivity index (χ1) is 9.59. The second-order valence-corrected chi connectivity index (χ2v) is 9.46. The Morgan fingerprint density at radius 3 is 2.00 bits per heavy atom. The molecule has 0 aliphatic rings. The number of aryl methyl sites for hydroxylation is 1. The van der Waals surface area contributed by atoms with Crippen molar-refractivity contribution in [3.63, 3.8) is 0 Å². The summed E-state index contributed by atoms with van der Waals surface area (Å²) in [5.41, 5.74) is 0.816. The molecule has 0 amide bonds. The van der Waals surface area contributed by atoms with E-state index < -0.39 is 20.0 Å². The van der Waals surface area contributed by atoms with Gasteiger partial charge in [0.1, 0.15) is 0 Å². The van der Waals surface area contributed by atoms with Crippen molar-refractivity contribution in [3.05, 3.63) is 35.4 Å². The van der Waals surface area contributed by atoms with Crippen molar-refractivity contribution in [1.29, 1.82) is 0 Å². The van der Waals surface area contributed by atoms with Gasteiger partial charge in [-0.3, -0.25) is 0 Å². The third-order valence-electron chi connectivity index (χ3n) is 4.10. The number of hydrogen-bond donors (Lipinski definition) is 2. The van der Waals surface area contributed by atoms with E-state index in [9.17, 15) is 18.6 Å². The van der Waals surface area contributed by atoms with Crippen molar-refractivity contribution >= 4 is 9.84 Å². The maximum atomic E-state index is 12.3. The van der Waals surface area contributed by atoms with Crippen molar-refractivity contribution < 1.29 is 18.6 Å². The Bertz CT molecular complexity index is 566. The zero-order chi connectivity index (χ0) is 16.3. The highest BCUT2D eigenvalue weighted by molar-refractivity contribution is 7.92. The number of benzene rings is 1. The summed E-state index contributed by atoms with van der Waals surface area (Å²) in [7, 11) is -3.29. The van der Waals surface area contributed by atoms with Crippen molar-refractivity contribution in [1.82, 2.24) is 0 Å². The van der Waals surface area contributed by atoms with Crippen LogP contribution in [0.4, 0.5) is 0 Å². The Hall–Kier alpha value is -0.910. The first-order valence-electron chi connectivity index (χ1n) is 7.10. The summed E-state index contributed by atoms with van der Waals surface area (Å²) in [5, 5.41) is 19.6. The van der Waals surface area contributed by atoms with Gasteiger partial charge in [-0.05, 0) is 45.2 Å². The van der Waals surface area contributed by atoms with Crippen molar-refractivity contribution in [3.8, 4) is 0 Å². The Labute approximate surface area is 127 Å². The molecular formula is C16H26O4S. The van der Waals surface area contributed by atoms with Gasteiger partial charge in [0.05, 0.1) is 23.7 Å². The van der Waals surface area contributed by atoms with Gasteiger partial charge in [-0.1, -0.05) is 24.3 Å². The van der Waals surface area contributed by atoms with Crippen LogP contribution in [0.3, 0.4) is 0 Å². The highest BCUT2D eigenvalue weighted by Gasteiger charge is 2.36. The summed E-state index contributed by atoms with van der Waals surface area (Å²) in [5.74, 6) is -0.0635. The Balaban J connectivity index is 3.12. The zero-order valence-corrected chi connectivity index (χ0v) is 14.1. The summed E-state index contributed by atoms with van der Waals surface area (Å²) in [6.07, 6.45) is 0.199. The van der Waals surface area contributed by atoms with E-state index in [1.54, 1.807) is 20.8 Å². The minimum atomic E-state index is -3.29. The fraction of sp³-hybridized carbons (Fsp3) is 0.625. The smallest absolute Gasteiger partial charge is 0.155 e. The molecular weight excluding hydrogens is 288 g/mol. The molecule has 0 bridgehead atoms. The van der Waals surface area contributed by atoms with Gasteiger partial charge < -0.3 is 10.2 Å². The van der Waals surface area contributed by atoms with Gasteiger partial charge in [-0.25, -0.2) is 8.42 Å². The predicted octanol–water partition coefficient (Wildman–Crippen LogP) is 1.82. The standard InChI is InChI=1S/C16H26O4S/c1-13-7-5-6-8-14(13)16(11-17,12-18)9-10-21(19,20)15(2,3)4/h5-8,17-18H,9-12H2,1-4H3. The van der Waals surface area contributed by atoms with Gasteiger partial charge in [0.2, 0.25) is 0 Å². The Morgan fingerprint density at radius 2 is 1.57 bits per heavy atom. The van der Waals surface area contributed by atoms with Crippen molar-refractivity contribution in [2.24, 2.45) is 0 Å². The summed E-state index contributed by atoms with van der Waals surface area (Å²) in [4.78, 5) is 0. The van der Waals surface area contributed by atoms with E-state index in [1.807, 2.05) is 31.2 Å². The molecule has 0 unspecified atom stereocenters. The first-order valence-corrected chi connectivity index (χ1v) is 8.75. The van der Waals surface area contributed by atoms with Crippen LogP contribution in [-0.2, 0) is 15.3 Å². The lowest BCUT2D eigenvalue weighted by atomic mass is 9.77. The van der Waals surface area contributed by atoms with Crippen LogP contribution in [0.2, 0.25) is 0 Å². The minimum absolute atomic E-state index is 0.0635.